The topological polar surface area (TPSA) is 67.2 Å². The van der Waals surface area contributed by atoms with Crippen molar-refractivity contribution in [1.29, 1.82) is 0 Å². The second-order valence-corrected chi connectivity index (χ2v) is 7.06. The number of carbonyl (C=O) groups excluding carboxylic acids is 1. The Balaban J connectivity index is 1.43. The highest BCUT2D eigenvalue weighted by molar-refractivity contribution is 5.82. The van der Waals surface area contributed by atoms with E-state index in [2.05, 4.69) is 20.0 Å². The number of amides is 1. The molecular formula is C18H24N6O. The van der Waals surface area contributed by atoms with Crippen LogP contribution >= 0.6 is 0 Å². The van der Waals surface area contributed by atoms with Gasteiger partial charge in [0.25, 0.3) is 0 Å². The maximum Gasteiger partial charge on any atom is 0.229 e. The third-order valence-electron chi connectivity index (χ3n) is 5.09. The van der Waals surface area contributed by atoms with Gasteiger partial charge in [-0.25, -0.2) is 14.6 Å². The van der Waals surface area contributed by atoms with Gasteiger partial charge in [-0.3, -0.25) is 4.79 Å². The van der Waals surface area contributed by atoms with E-state index in [1.807, 2.05) is 35.6 Å². The van der Waals surface area contributed by atoms with Gasteiger partial charge in [0.2, 0.25) is 5.91 Å². The van der Waals surface area contributed by atoms with Gasteiger partial charge in [0.15, 0.2) is 5.82 Å². The van der Waals surface area contributed by atoms with Crippen LogP contribution < -0.4 is 4.90 Å². The molecule has 2 aromatic rings. The van der Waals surface area contributed by atoms with Crippen molar-refractivity contribution in [2.24, 2.45) is 5.92 Å². The van der Waals surface area contributed by atoms with Crippen LogP contribution in [0.25, 0.3) is 5.82 Å². The Morgan fingerprint density at radius 1 is 1.04 bits per heavy atom. The van der Waals surface area contributed by atoms with Gasteiger partial charge in [0, 0.05) is 37.9 Å². The number of piperidine rings is 1. The molecule has 4 heterocycles. The Morgan fingerprint density at radius 2 is 1.76 bits per heavy atom. The normalized spacial score (nSPS) is 18.3. The van der Waals surface area contributed by atoms with E-state index in [4.69, 9.17) is 0 Å². The van der Waals surface area contributed by atoms with E-state index in [1.165, 1.54) is 6.42 Å². The number of likely N-dealkylation sites (tertiary alicyclic amines) is 1. The van der Waals surface area contributed by atoms with Gasteiger partial charge >= 0.3 is 0 Å². The van der Waals surface area contributed by atoms with Crippen molar-refractivity contribution in [3.63, 3.8) is 0 Å². The number of carbonyl (C=O) groups is 1. The molecule has 0 aromatic carbocycles. The first-order valence-corrected chi connectivity index (χ1v) is 9.01. The van der Waals surface area contributed by atoms with Crippen LogP contribution in [-0.2, 0) is 4.79 Å². The summed E-state index contributed by atoms with van der Waals surface area (Å²) in [6.07, 6.45) is 5.09. The molecule has 2 fully saturated rings. The summed E-state index contributed by atoms with van der Waals surface area (Å²) in [5, 5.41) is 4.48. The van der Waals surface area contributed by atoms with Crippen LogP contribution in [0.2, 0.25) is 0 Å². The summed E-state index contributed by atoms with van der Waals surface area (Å²) in [6.45, 7) is 7.30. The summed E-state index contributed by atoms with van der Waals surface area (Å²) in [7, 11) is 0. The number of hydrogen-bond acceptors (Lipinski definition) is 5. The number of aryl methyl sites for hydroxylation is 2. The molecule has 4 rings (SSSR count). The highest BCUT2D eigenvalue weighted by Crippen LogP contribution is 2.26. The Kier molecular flexibility index (Phi) is 4.15. The predicted molar refractivity (Wildman–Crippen MR) is 94.8 cm³/mol. The number of hydrogen-bond donors (Lipinski definition) is 0. The number of aromatic nitrogens is 4. The number of rotatable bonds is 3. The summed E-state index contributed by atoms with van der Waals surface area (Å²) in [5.74, 6) is 2.04. The van der Waals surface area contributed by atoms with E-state index in [0.29, 0.717) is 5.91 Å². The average molecular weight is 340 g/mol. The molecule has 132 valence electrons. The Labute approximate surface area is 147 Å². The summed E-state index contributed by atoms with van der Waals surface area (Å²) in [5.41, 5.74) is 2.01. The van der Waals surface area contributed by atoms with Gasteiger partial charge in [0.05, 0.1) is 11.6 Å². The van der Waals surface area contributed by atoms with Gasteiger partial charge in [0.1, 0.15) is 12.1 Å². The summed E-state index contributed by atoms with van der Waals surface area (Å²) in [6, 6.07) is 3.97. The number of nitrogens with zero attached hydrogens (tertiary/aromatic N) is 6. The third-order valence-corrected chi connectivity index (χ3v) is 5.09. The summed E-state index contributed by atoms with van der Waals surface area (Å²) in [4.78, 5) is 25.4. The molecule has 7 heteroatoms. The SMILES string of the molecule is Cc1cc(C)n(-c2cc(N3CC(C(=O)N4CCCCC4)C3)ncn2)n1. The van der Waals surface area contributed by atoms with Crippen LogP contribution in [0.5, 0.6) is 0 Å². The molecule has 0 N–H and O–H groups in total. The number of anilines is 1. The lowest BCUT2D eigenvalue weighted by molar-refractivity contribution is -0.137. The van der Waals surface area contributed by atoms with Crippen molar-refractivity contribution in [3.05, 3.63) is 29.8 Å². The second-order valence-electron chi connectivity index (χ2n) is 7.06. The monoisotopic (exact) mass is 340 g/mol. The highest BCUT2D eigenvalue weighted by Gasteiger charge is 2.36. The summed E-state index contributed by atoms with van der Waals surface area (Å²) >= 11 is 0. The lowest BCUT2D eigenvalue weighted by Crippen LogP contribution is -2.55. The molecule has 2 saturated heterocycles. The van der Waals surface area contributed by atoms with Crippen molar-refractivity contribution in [3.8, 4) is 5.82 Å². The molecule has 0 radical (unpaired) electrons. The fourth-order valence-corrected chi connectivity index (χ4v) is 3.68. The molecule has 0 aliphatic carbocycles. The molecule has 0 saturated carbocycles. The maximum absolute atomic E-state index is 12.5. The van der Waals surface area contributed by atoms with Crippen molar-refractivity contribution >= 4 is 11.7 Å². The molecule has 2 aromatic heterocycles. The molecule has 7 nitrogen and oxygen atoms in total. The zero-order valence-corrected chi connectivity index (χ0v) is 14.9. The first-order valence-electron chi connectivity index (χ1n) is 9.01. The van der Waals surface area contributed by atoms with E-state index in [-0.39, 0.29) is 5.92 Å². The van der Waals surface area contributed by atoms with E-state index in [0.717, 1.165) is 62.0 Å². The molecule has 0 bridgehead atoms. The van der Waals surface area contributed by atoms with Crippen LogP contribution in [0.1, 0.15) is 30.7 Å². The smallest absolute Gasteiger partial charge is 0.229 e. The van der Waals surface area contributed by atoms with Crippen molar-refractivity contribution in [1.82, 2.24) is 24.6 Å². The highest BCUT2D eigenvalue weighted by atomic mass is 16.2. The molecule has 2 aliphatic rings. The van der Waals surface area contributed by atoms with Gasteiger partial charge in [-0.1, -0.05) is 0 Å². The van der Waals surface area contributed by atoms with Gasteiger partial charge < -0.3 is 9.80 Å². The van der Waals surface area contributed by atoms with Gasteiger partial charge in [-0.2, -0.15) is 5.10 Å². The molecule has 1 amide bonds. The van der Waals surface area contributed by atoms with Gasteiger partial charge in [-0.15, -0.1) is 0 Å². The summed E-state index contributed by atoms with van der Waals surface area (Å²) < 4.78 is 1.83. The fraction of sp³-hybridized carbons (Fsp3) is 0.556. The minimum atomic E-state index is 0.102. The molecular weight excluding hydrogens is 316 g/mol. The minimum Gasteiger partial charge on any atom is -0.355 e. The van der Waals surface area contributed by atoms with E-state index in [1.54, 1.807) is 6.33 Å². The van der Waals surface area contributed by atoms with Crippen LogP contribution in [0, 0.1) is 19.8 Å². The predicted octanol–water partition coefficient (Wildman–Crippen LogP) is 1.73. The van der Waals surface area contributed by atoms with Gasteiger partial charge in [-0.05, 0) is 39.2 Å². The van der Waals surface area contributed by atoms with Crippen molar-refractivity contribution in [2.45, 2.75) is 33.1 Å². The Hall–Kier alpha value is -2.44. The van der Waals surface area contributed by atoms with Crippen molar-refractivity contribution in [2.75, 3.05) is 31.1 Å². The van der Waals surface area contributed by atoms with Crippen LogP contribution in [0.4, 0.5) is 5.82 Å². The zero-order valence-electron chi connectivity index (χ0n) is 14.9. The minimum absolute atomic E-state index is 0.102. The molecule has 0 atom stereocenters. The lowest BCUT2D eigenvalue weighted by atomic mass is 9.97. The maximum atomic E-state index is 12.5. The largest absolute Gasteiger partial charge is 0.355 e. The molecule has 2 aliphatic heterocycles. The van der Waals surface area contributed by atoms with Crippen LogP contribution in [-0.4, -0.2) is 56.7 Å². The first-order chi connectivity index (χ1) is 12.1. The van der Waals surface area contributed by atoms with Crippen LogP contribution in [0.15, 0.2) is 18.5 Å². The molecule has 0 spiro atoms. The van der Waals surface area contributed by atoms with E-state index >= 15 is 0 Å². The van der Waals surface area contributed by atoms with E-state index < -0.39 is 0 Å². The standard InChI is InChI=1S/C18H24N6O/c1-13-8-14(2)24(21-13)17-9-16(19-12-20-17)23-10-15(11-23)18(25)22-6-4-3-5-7-22/h8-9,12,15H,3-7,10-11H2,1-2H3. The third kappa shape index (κ3) is 3.10. The fourth-order valence-electron chi connectivity index (χ4n) is 3.68. The first kappa shape index (κ1) is 16.1. The second kappa shape index (κ2) is 6.46. The zero-order chi connectivity index (χ0) is 17.4. The molecule has 0 unspecified atom stereocenters. The molecule has 25 heavy (non-hydrogen) atoms. The average Bonchev–Trinajstić information content (AvgIpc) is 2.93. The van der Waals surface area contributed by atoms with Crippen LogP contribution in [0.3, 0.4) is 0 Å². The Morgan fingerprint density at radius 3 is 2.44 bits per heavy atom. The Bertz CT molecular complexity index is 774. The van der Waals surface area contributed by atoms with E-state index in [9.17, 15) is 4.79 Å². The quantitative estimate of drug-likeness (QED) is 0.851. The van der Waals surface area contributed by atoms with Crippen molar-refractivity contribution < 1.29 is 4.79 Å². The lowest BCUT2D eigenvalue weighted by Gasteiger charge is -2.42.